The molecule has 4 nitrogen and oxygen atoms in total. The van der Waals surface area contributed by atoms with Crippen molar-refractivity contribution >= 4 is 33.6 Å². The minimum atomic E-state index is -0.504. The highest BCUT2D eigenvalue weighted by Gasteiger charge is 2.14. The summed E-state index contributed by atoms with van der Waals surface area (Å²) in [5.41, 5.74) is 3.08. The van der Waals surface area contributed by atoms with Gasteiger partial charge in [-0.2, -0.15) is 0 Å². The Morgan fingerprint density at radius 3 is 2.68 bits per heavy atom. The molecule has 0 unspecified atom stereocenters. The number of aromatic nitrogens is 2. The Labute approximate surface area is 155 Å². The van der Waals surface area contributed by atoms with Crippen molar-refractivity contribution in [1.29, 1.82) is 0 Å². The predicted octanol–water partition coefficient (Wildman–Crippen LogP) is 5.12. The summed E-state index contributed by atoms with van der Waals surface area (Å²) in [6, 6.07) is 11.7. The first-order valence-corrected chi connectivity index (χ1v) is 8.76. The maximum Gasteiger partial charge on any atom is 0.331 e. The van der Waals surface area contributed by atoms with E-state index in [1.54, 1.807) is 6.08 Å². The van der Waals surface area contributed by atoms with Gasteiger partial charge in [0.2, 0.25) is 0 Å². The van der Waals surface area contributed by atoms with Crippen molar-refractivity contribution in [2.45, 2.75) is 26.4 Å². The maximum absolute atomic E-state index is 11.9. The van der Waals surface area contributed by atoms with E-state index in [1.165, 1.54) is 6.08 Å². The second-order valence-corrected chi connectivity index (χ2v) is 7.61. The van der Waals surface area contributed by atoms with Gasteiger partial charge in [-0.05, 0) is 60.5 Å². The van der Waals surface area contributed by atoms with Gasteiger partial charge in [-0.25, -0.2) is 9.78 Å². The van der Waals surface area contributed by atoms with Gasteiger partial charge in [0.05, 0.1) is 5.69 Å². The standard InChI is InChI=1S/C20H19BrN2O2/c1-20(2,3)25-19(24)11-8-14-6-4-5-7-16(14)17-13-23-12-15(21)9-10-18(23)22-17/h4-13H,1-3H3/b11-8+. The van der Waals surface area contributed by atoms with Crippen LogP contribution in [0.15, 0.2) is 59.3 Å². The van der Waals surface area contributed by atoms with Crippen molar-refractivity contribution in [3.05, 3.63) is 64.9 Å². The molecule has 0 saturated carbocycles. The Morgan fingerprint density at radius 2 is 1.92 bits per heavy atom. The van der Waals surface area contributed by atoms with Crippen molar-refractivity contribution < 1.29 is 9.53 Å². The third-order valence-electron chi connectivity index (χ3n) is 3.46. The molecule has 0 bridgehead atoms. The number of esters is 1. The molecule has 0 spiro atoms. The second-order valence-electron chi connectivity index (χ2n) is 6.69. The summed E-state index contributed by atoms with van der Waals surface area (Å²) in [5, 5.41) is 0. The summed E-state index contributed by atoms with van der Waals surface area (Å²) in [6.07, 6.45) is 7.16. The quantitative estimate of drug-likeness (QED) is 0.454. The molecule has 3 rings (SSSR count). The second kappa shape index (κ2) is 6.84. The van der Waals surface area contributed by atoms with Crippen molar-refractivity contribution in [2.75, 3.05) is 0 Å². The zero-order chi connectivity index (χ0) is 18.0. The van der Waals surface area contributed by atoms with Gasteiger partial charge < -0.3 is 9.14 Å². The average Bonchev–Trinajstić information content (AvgIpc) is 2.94. The number of halogens is 1. The minimum absolute atomic E-state index is 0.360. The predicted molar refractivity (Wildman–Crippen MR) is 103 cm³/mol. The van der Waals surface area contributed by atoms with Crippen LogP contribution in [0.25, 0.3) is 23.0 Å². The molecule has 5 heteroatoms. The highest BCUT2D eigenvalue weighted by atomic mass is 79.9. The maximum atomic E-state index is 11.9. The van der Waals surface area contributed by atoms with Gasteiger partial charge in [0.15, 0.2) is 0 Å². The number of nitrogens with zero attached hydrogens (tertiary/aromatic N) is 2. The molecule has 25 heavy (non-hydrogen) atoms. The summed E-state index contributed by atoms with van der Waals surface area (Å²) in [5.74, 6) is -0.360. The number of hydrogen-bond acceptors (Lipinski definition) is 3. The van der Waals surface area contributed by atoms with Crippen molar-refractivity contribution in [3.63, 3.8) is 0 Å². The lowest BCUT2D eigenvalue weighted by molar-refractivity contribution is -0.148. The number of benzene rings is 1. The smallest absolute Gasteiger partial charge is 0.331 e. The van der Waals surface area contributed by atoms with Crippen LogP contribution < -0.4 is 0 Å². The SMILES string of the molecule is CC(C)(C)OC(=O)/C=C/c1ccccc1-c1cn2cc(Br)ccc2n1. The van der Waals surface area contributed by atoms with Crippen LogP contribution in [0.4, 0.5) is 0 Å². The van der Waals surface area contributed by atoms with Gasteiger partial charge in [0.1, 0.15) is 11.2 Å². The van der Waals surface area contributed by atoms with Crippen LogP contribution in [0.2, 0.25) is 0 Å². The van der Waals surface area contributed by atoms with Crippen LogP contribution in [-0.2, 0) is 9.53 Å². The number of ether oxygens (including phenoxy) is 1. The molecule has 0 N–H and O–H groups in total. The third-order valence-corrected chi connectivity index (χ3v) is 3.93. The molecule has 0 amide bonds. The van der Waals surface area contributed by atoms with Crippen LogP contribution in [0.5, 0.6) is 0 Å². The van der Waals surface area contributed by atoms with E-state index in [-0.39, 0.29) is 5.97 Å². The van der Waals surface area contributed by atoms with Crippen LogP contribution >= 0.6 is 15.9 Å². The molecule has 3 aromatic rings. The molecule has 0 aliphatic rings. The fourth-order valence-electron chi connectivity index (χ4n) is 2.46. The number of hydrogen-bond donors (Lipinski definition) is 0. The lowest BCUT2D eigenvalue weighted by Gasteiger charge is -2.17. The Balaban J connectivity index is 1.93. The molecule has 128 valence electrons. The largest absolute Gasteiger partial charge is 0.457 e. The zero-order valence-corrected chi connectivity index (χ0v) is 15.9. The Kier molecular flexibility index (Phi) is 4.77. The summed E-state index contributed by atoms with van der Waals surface area (Å²) in [7, 11) is 0. The third kappa shape index (κ3) is 4.37. The summed E-state index contributed by atoms with van der Waals surface area (Å²) in [6.45, 7) is 5.55. The average molecular weight is 399 g/mol. The Bertz CT molecular complexity index is 952. The van der Waals surface area contributed by atoms with E-state index < -0.39 is 5.60 Å². The van der Waals surface area contributed by atoms with Crippen LogP contribution in [0.1, 0.15) is 26.3 Å². The number of imidazole rings is 1. The normalized spacial score (nSPS) is 12.0. The van der Waals surface area contributed by atoms with Crippen molar-refractivity contribution in [1.82, 2.24) is 9.38 Å². The van der Waals surface area contributed by atoms with E-state index in [0.29, 0.717) is 0 Å². The summed E-state index contributed by atoms with van der Waals surface area (Å²) < 4.78 is 8.27. The highest BCUT2D eigenvalue weighted by Crippen LogP contribution is 2.25. The van der Waals surface area contributed by atoms with E-state index in [4.69, 9.17) is 4.74 Å². The molecular formula is C20H19BrN2O2. The minimum Gasteiger partial charge on any atom is -0.457 e. The molecule has 0 fully saturated rings. The number of pyridine rings is 1. The van der Waals surface area contributed by atoms with Crippen molar-refractivity contribution in [2.24, 2.45) is 0 Å². The molecule has 0 atom stereocenters. The number of rotatable bonds is 3. The number of carbonyl (C=O) groups excluding carboxylic acids is 1. The summed E-state index contributed by atoms with van der Waals surface area (Å²) in [4.78, 5) is 16.6. The molecule has 0 aliphatic heterocycles. The van der Waals surface area contributed by atoms with E-state index in [2.05, 4.69) is 20.9 Å². The molecule has 0 saturated heterocycles. The lowest BCUT2D eigenvalue weighted by atomic mass is 10.0. The molecular weight excluding hydrogens is 380 g/mol. The number of carbonyl (C=O) groups is 1. The van der Waals surface area contributed by atoms with Crippen molar-refractivity contribution in [3.8, 4) is 11.3 Å². The molecule has 0 aliphatic carbocycles. The molecule has 0 radical (unpaired) electrons. The molecule has 2 aromatic heterocycles. The van der Waals surface area contributed by atoms with E-state index in [1.807, 2.05) is 74.0 Å². The Morgan fingerprint density at radius 1 is 1.16 bits per heavy atom. The zero-order valence-electron chi connectivity index (χ0n) is 14.4. The van der Waals surface area contributed by atoms with Crippen LogP contribution in [0.3, 0.4) is 0 Å². The lowest BCUT2D eigenvalue weighted by Crippen LogP contribution is -2.22. The first-order valence-electron chi connectivity index (χ1n) is 7.96. The first kappa shape index (κ1) is 17.4. The van der Waals surface area contributed by atoms with Gasteiger partial charge in [0, 0.05) is 28.5 Å². The van der Waals surface area contributed by atoms with Gasteiger partial charge in [-0.15, -0.1) is 0 Å². The first-order chi connectivity index (χ1) is 11.8. The summed E-state index contributed by atoms with van der Waals surface area (Å²) >= 11 is 3.47. The van der Waals surface area contributed by atoms with E-state index in [9.17, 15) is 4.79 Å². The van der Waals surface area contributed by atoms with Gasteiger partial charge >= 0.3 is 5.97 Å². The number of fused-ring (bicyclic) bond motifs is 1. The highest BCUT2D eigenvalue weighted by molar-refractivity contribution is 9.10. The Hall–Kier alpha value is -2.40. The molecule has 2 heterocycles. The van der Waals surface area contributed by atoms with E-state index in [0.717, 1.165) is 26.9 Å². The monoisotopic (exact) mass is 398 g/mol. The van der Waals surface area contributed by atoms with Gasteiger partial charge in [-0.3, -0.25) is 0 Å². The molecule has 1 aromatic carbocycles. The topological polar surface area (TPSA) is 43.6 Å². The van der Waals surface area contributed by atoms with Crippen LogP contribution in [0, 0.1) is 0 Å². The van der Waals surface area contributed by atoms with E-state index >= 15 is 0 Å². The van der Waals surface area contributed by atoms with Crippen LogP contribution in [-0.4, -0.2) is 21.0 Å². The van der Waals surface area contributed by atoms with Gasteiger partial charge in [-0.1, -0.05) is 24.3 Å². The van der Waals surface area contributed by atoms with Gasteiger partial charge in [0.25, 0.3) is 0 Å². The fourth-order valence-corrected chi connectivity index (χ4v) is 2.82. The fraction of sp³-hybridized carbons (Fsp3) is 0.200.